The largest absolute Gasteiger partial charge is 0.386 e. The molecule has 0 radical (unpaired) electrons. The third-order valence-corrected chi connectivity index (χ3v) is 4.07. The molecule has 0 fully saturated rings. The standard InChI is InChI=1S/C20H25N3O2/c1-20(2,3)15-8-6-14(7-9-15)19(25)22-16-10-11-18(23(5)13-24)17(12-16)21-4/h6-13,21H,1-5H3,(H,22,25). The van der Waals surface area contributed by atoms with Crippen molar-refractivity contribution < 1.29 is 9.59 Å². The number of anilines is 3. The normalized spacial score (nSPS) is 10.9. The average molecular weight is 339 g/mol. The van der Waals surface area contributed by atoms with Crippen LogP contribution in [0.1, 0.15) is 36.7 Å². The molecule has 2 rings (SSSR count). The molecule has 0 unspecified atom stereocenters. The van der Waals surface area contributed by atoms with Gasteiger partial charge in [-0.15, -0.1) is 0 Å². The molecule has 2 aromatic carbocycles. The molecule has 0 bridgehead atoms. The van der Waals surface area contributed by atoms with E-state index in [2.05, 4.69) is 31.4 Å². The van der Waals surface area contributed by atoms with Crippen molar-refractivity contribution in [3.05, 3.63) is 53.6 Å². The van der Waals surface area contributed by atoms with Crippen molar-refractivity contribution in [1.82, 2.24) is 0 Å². The molecule has 0 aliphatic heterocycles. The lowest BCUT2D eigenvalue weighted by Gasteiger charge is -2.19. The number of hydrogen-bond donors (Lipinski definition) is 2. The SMILES string of the molecule is CNc1cc(NC(=O)c2ccc(C(C)(C)C)cc2)ccc1N(C)C=O. The van der Waals surface area contributed by atoms with Crippen LogP contribution in [0.2, 0.25) is 0 Å². The summed E-state index contributed by atoms with van der Waals surface area (Å²) in [7, 11) is 3.45. The summed E-state index contributed by atoms with van der Waals surface area (Å²) in [6.07, 6.45) is 0.741. The molecule has 0 aliphatic rings. The second-order valence-corrected chi connectivity index (χ2v) is 6.98. The van der Waals surface area contributed by atoms with Crippen molar-refractivity contribution in [2.24, 2.45) is 0 Å². The topological polar surface area (TPSA) is 61.4 Å². The average Bonchev–Trinajstić information content (AvgIpc) is 2.60. The molecule has 0 atom stereocenters. The fourth-order valence-electron chi connectivity index (χ4n) is 2.50. The van der Waals surface area contributed by atoms with Crippen LogP contribution >= 0.6 is 0 Å². The minimum absolute atomic E-state index is 0.0527. The third-order valence-electron chi connectivity index (χ3n) is 4.07. The maximum absolute atomic E-state index is 12.5. The zero-order valence-corrected chi connectivity index (χ0v) is 15.4. The van der Waals surface area contributed by atoms with Crippen LogP contribution < -0.4 is 15.5 Å². The van der Waals surface area contributed by atoms with E-state index in [9.17, 15) is 9.59 Å². The van der Waals surface area contributed by atoms with Gasteiger partial charge in [0.15, 0.2) is 0 Å². The number of carbonyl (C=O) groups is 2. The number of benzene rings is 2. The van der Waals surface area contributed by atoms with Crippen LogP contribution in [0.5, 0.6) is 0 Å². The van der Waals surface area contributed by atoms with Crippen molar-refractivity contribution in [1.29, 1.82) is 0 Å². The predicted molar refractivity (Wildman–Crippen MR) is 104 cm³/mol. The fourth-order valence-corrected chi connectivity index (χ4v) is 2.50. The Bertz CT molecular complexity index is 762. The first-order valence-corrected chi connectivity index (χ1v) is 8.18. The Morgan fingerprint density at radius 3 is 2.24 bits per heavy atom. The molecule has 0 aromatic heterocycles. The number of rotatable bonds is 5. The highest BCUT2D eigenvalue weighted by atomic mass is 16.1. The van der Waals surface area contributed by atoms with Crippen molar-refractivity contribution >= 4 is 29.4 Å². The van der Waals surface area contributed by atoms with Crippen LogP contribution in [-0.4, -0.2) is 26.4 Å². The number of amides is 2. The van der Waals surface area contributed by atoms with E-state index in [0.29, 0.717) is 11.3 Å². The Labute approximate surface area is 149 Å². The molecular formula is C20H25N3O2. The summed E-state index contributed by atoms with van der Waals surface area (Å²) in [5, 5.41) is 5.93. The lowest BCUT2D eigenvalue weighted by molar-refractivity contribution is -0.107. The smallest absolute Gasteiger partial charge is 0.255 e. The molecule has 0 spiro atoms. The summed E-state index contributed by atoms with van der Waals surface area (Å²) in [6.45, 7) is 6.41. The highest BCUT2D eigenvalue weighted by molar-refractivity contribution is 6.04. The van der Waals surface area contributed by atoms with E-state index in [4.69, 9.17) is 0 Å². The van der Waals surface area contributed by atoms with E-state index in [0.717, 1.165) is 17.8 Å². The summed E-state index contributed by atoms with van der Waals surface area (Å²) in [6, 6.07) is 13.0. The number of carbonyl (C=O) groups excluding carboxylic acids is 2. The van der Waals surface area contributed by atoms with Crippen molar-refractivity contribution in [3.8, 4) is 0 Å². The van der Waals surface area contributed by atoms with E-state index >= 15 is 0 Å². The van der Waals surface area contributed by atoms with Gasteiger partial charge in [0.1, 0.15) is 0 Å². The molecular weight excluding hydrogens is 314 g/mol. The van der Waals surface area contributed by atoms with E-state index in [1.165, 1.54) is 10.5 Å². The first-order valence-electron chi connectivity index (χ1n) is 8.18. The van der Waals surface area contributed by atoms with Gasteiger partial charge >= 0.3 is 0 Å². The van der Waals surface area contributed by atoms with Gasteiger partial charge in [-0.3, -0.25) is 9.59 Å². The van der Waals surface area contributed by atoms with Gasteiger partial charge in [0.25, 0.3) is 5.91 Å². The minimum Gasteiger partial charge on any atom is -0.386 e. The monoisotopic (exact) mass is 339 g/mol. The molecule has 0 saturated carbocycles. The molecule has 25 heavy (non-hydrogen) atoms. The van der Waals surface area contributed by atoms with Gasteiger partial charge < -0.3 is 15.5 Å². The van der Waals surface area contributed by atoms with Crippen LogP contribution in [0.3, 0.4) is 0 Å². The second kappa shape index (κ2) is 7.38. The lowest BCUT2D eigenvalue weighted by atomic mass is 9.87. The zero-order chi connectivity index (χ0) is 18.6. The Kier molecular flexibility index (Phi) is 5.47. The second-order valence-electron chi connectivity index (χ2n) is 6.98. The van der Waals surface area contributed by atoms with Crippen LogP contribution in [0, 0.1) is 0 Å². The van der Waals surface area contributed by atoms with Crippen molar-refractivity contribution in [3.63, 3.8) is 0 Å². The Hall–Kier alpha value is -2.82. The van der Waals surface area contributed by atoms with Gasteiger partial charge in [0.05, 0.1) is 11.4 Å². The summed E-state index contributed by atoms with van der Waals surface area (Å²) in [5.41, 5.74) is 4.01. The van der Waals surface area contributed by atoms with E-state index in [1.807, 2.05) is 24.3 Å². The fraction of sp³-hybridized carbons (Fsp3) is 0.300. The molecule has 0 saturated heterocycles. The summed E-state index contributed by atoms with van der Waals surface area (Å²) >= 11 is 0. The Balaban J connectivity index is 2.19. The maximum atomic E-state index is 12.5. The predicted octanol–water partition coefficient (Wildman–Crippen LogP) is 3.87. The first-order chi connectivity index (χ1) is 11.8. The third kappa shape index (κ3) is 4.38. The summed E-state index contributed by atoms with van der Waals surface area (Å²) in [5.74, 6) is -0.168. The van der Waals surface area contributed by atoms with Gasteiger partial charge in [-0.05, 0) is 41.3 Å². The number of hydrogen-bond acceptors (Lipinski definition) is 3. The lowest BCUT2D eigenvalue weighted by Crippen LogP contribution is -2.17. The molecule has 2 N–H and O–H groups in total. The number of nitrogens with one attached hydrogen (secondary N) is 2. The molecule has 5 heteroatoms. The molecule has 2 aromatic rings. The molecule has 132 valence electrons. The van der Waals surface area contributed by atoms with Crippen LogP contribution in [0.25, 0.3) is 0 Å². The van der Waals surface area contributed by atoms with Gasteiger partial charge in [0.2, 0.25) is 6.41 Å². The highest BCUT2D eigenvalue weighted by Gasteiger charge is 2.15. The van der Waals surface area contributed by atoms with E-state index in [1.54, 1.807) is 32.3 Å². The van der Waals surface area contributed by atoms with Gasteiger partial charge in [-0.25, -0.2) is 0 Å². The van der Waals surface area contributed by atoms with Crippen LogP contribution in [-0.2, 0) is 10.2 Å². The molecule has 0 aliphatic carbocycles. The van der Waals surface area contributed by atoms with Gasteiger partial charge in [0, 0.05) is 25.3 Å². The molecule has 2 amide bonds. The van der Waals surface area contributed by atoms with E-state index < -0.39 is 0 Å². The van der Waals surface area contributed by atoms with Gasteiger partial charge in [-0.2, -0.15) is 0 Å². The van der Waals surface area contributed by atoms with E-state index in [-0.39, 0.29) is 11.3 Å². The number of nitrogens with zero attached hydrogens (tertiary/aromatic N) is 1. The van der Waals surface area contributed by atoms with Crippen molar-refractivity contribution in [2.45, 2.75) is 26.2 Å². The van der Waals surface area contributed by atoms with Gasteiger partial charge in [-0.1, -0.05) is 32.9 Å². The highest BCUT2D eigenvalue weighted by Crippen LogP contribution is 2.28. The summed E-state index contributed by atoms with van der Waals surface area (Å²) in [4.78, 5) is 24.9. The molecule has 5 nitrogen and oxygen atoms in total. The summed E-state index contributed by atoms with van der Waals surface area (Å²) < 4.78 is 0. The zero-order valence-electron chi connectivity index (χ0n) is 15.4. The Morgan fingerprint density at radius 1 is 1.08 bits per heavy atom. The molecule has 0 heterocycles. The van der Waals surface area contributed by atoms with Crippen molar-refractivity contribution in [2.75, 3.05) is 29.6 Å². The Morgan fingerprint density at radius 2 is 1.72 bits per heavy atom. The maximum Gasteiger partial charge on any atom is 0.255 e. The first kappa shape index (κ1) is 18.5. The van der Waals surface area contributed by atoms with Crippen LogP contribution in [0.4, 0.5) is 17.1 Å². The minimum atomic E-state index is -0.168. The quantitative estimate of drug-likeness (QED) is 0.813. The van der Waals surface area contributed by atoms with Crippen LogP contribution in [0.15, 0.2) is 42.5 Å².